The van der Waals surface area contributed by atoms with Crippen LogP contribution in [0.15, 0.2) is 11.8 Å². The normalized spacial score (nSPS) is 19.4. The van der Waals surface area contributed by atoms with Gasteiger partial charge in [0.1, 0.15) is 0 Å². The number of carbonyl (C=O) groups excluding carboxylic acids is 1. The average molecular weight is 168 g/mol. The van der Waals surface area contributed by atoms with Gasteiger partial charge in [-0.1, -0.05) is 0 Å². The Morgan fingerprint density at radius 1 is 1.33 bits per heavy atom. The Bertz CT molecular complexity index is 189. The van der Waals surface area contributed by atoms with Gasteiger partial charge in [-0.3, -0.25) is 4.79 Å². The molecule has 1 amide bonds. The summed E-state index contributed by atoms with van der Waals surface area (Å²) >= 11 is 0. The molecule has 0 unspecified atom stereocenters. The summed E-state index contributed by atoms with van der Waals surface area (Å²) in [5.41, 5.74) is 6.00. The third-order valence-electron chi connectivity index (χ3n) is 2.02. The Hall–Kier alpha value is -0.990. The van der Waals surface area contributed by atoms with E-state index < -0.39 is 0 Å². The molecule has 1 saturated heterocycles. The number of carbonyl (C=O) groups is 1. The number of hydrogen-bond acceptors (Lipinski definition) is 2. The van der Waals surface area contributed by atoms with Crippen molar-refractivity contribution in [3.8, 4) is 0 Å². The molecule has 3 heteroatoms. The molecule has 0 aromatic heterocycles. The van der Waals surface area contributed by atoms with Crippen LogP contribution in [-0.4, -0.2) is 23.9 Å². The summed E-state index contributed by atoms with van der Waals surface area (Å²) in [6.45, 7) is 3.52. The van der Waals surface area contributed by atoms with Gasteiger partial charge < -0.3 is 10.6 Å². The first-order valence-electron chi connectivity index (χ1n) is 4.43. The van der Waals surface area contributed by atoms with Gasteiger partial charge in [0, 0.05) is 24.9 Å². The van der Waals surface area contributed by atoms with E-state index in [1.807, 2.05) is 4.90 Å². The largest absolute Gasteiger partial charge is 0.402 e. The monoisotopic (exact) mass is 168 g/mol. The van der Waals surface area contributed by atoms with Crippen LogP contribution in [0.5, 0.6) is 0 Å². The zero-order chi connectivity index (χ0) is 8.97. The van der Waals surface area contributed by atoms with Crippen LogP contribution in [0.2, 0.25) is 0 Å². The predicted octanol–water partition coefficient (Wildman–Crippen LogP) is 0.861. The zero-order valence-electron chi connectivity index (χ0n) is 7.55. The lowest BCUT2D eigenvalue weighted by molar-refractivity contribution is -0.126. The smallest absolute Gasteiger partial charge is 0.248 e. The van der Waals surface area contributed by atoms with E-state index in [2.05, 4.69) is 0 Å². The van der Waals surface area contributed by atoms with E-state index in [9.17, 15) is 4.79 Å². The van der Waals surface area contributed by atoms with Crippen LogP contribution < -0.4 is 5.73 Å². The number of hydrogen-bond donors (Lipinski definition) is 1. The minimum Gasteiger partial charge on any atom is -0.402 e. The van der Waals surface area contributed by atoms with E-state index in [0.29, 0.717) is 5.70 Å². The van der Waals surface area contributed by atoms with Crippen molar-refractivity contribution in [2.75, 3.05) is 13.1 Å². The van der Waals surface area contributed by atoms with Crippen molar-refractivity contribution in [3.05, 3.63) is 11.8 Å². The summed E-state index contributed by atoms with van der Waals surface area (Å²) in [4.78, 5) is 13.2. The summed E-state index contributed by atoms with van der Waals surface area (Å²) in [5, 5.41) is 0. The molecule has 0 aliphatic carbocycles. The summed E-state index contributed by atoms with van der Waals surface area (Å²) in [5.74, 6) is 0.0645. The zero-order valence-corrected chi connectivity index (χ0v) is 7.55. The molecule has 0 bridgehead atoms. The highest BCUT2D eigenvalue weighted by Gasteiger charge is 2.13. The SMILES string of the molecule is C/C(N)=C/C(=O)N1CCCCC1. The Morgan fingerprint density at radius 2 is 1.92 bits per heavy atom. The van der Waals surface area contributed by atoms with Gasteiger partial charge in [-0.15, -0.1) is 0 Å². The maximum absolute atomic E-state index is 11.4. The Kier molecular flexibility index (Phi) is 3.14. The van der Waals surface area contributed by atoms with Gasteiger partial charge in [0.05, 0.1) is 0 Å². The molecule has 0 atom stereocenters. The first-order chi connectivity index (χ1) is 5.70. The molecule has 1 aliphatic heterocycles. The molecular weight excluding hydrogens is 152 g/mol. The van der Waals surface area contributed by atoms with Gasteiger partial charge in [0.2, 0.25) is 5.91 Å². The molecule has 1 aliphatic rings. The highest BCUT2D eigenvalue weighted by Crippen LogP contribution is 2.08. The lowest BCUT2D eigenvalue weighted by Crippen LogP contribution is -2.34. The van der Waals surface area contributed by atoms with Crippen LogP contribution >= 0.6 is 0 Å². The van der Waals surface area contributed by atoms with Crippen LogP contribution in [0.25, 0.3) is 0 Å². The first kappa shape index (κ1) is 9.10. The van der Waals surface area contributed by atoms with Crippen LogP contribution in [-0.2, 0) is 4.79 Å². The third-order valence-corrected chi connectivity index (χ3v) is 2.02. The standard InChI is InChI=1S/C9H16N2O/c1-8(10)7-9(12)11-5-3-2-4-6-11/h7H,2-6,10H2,1H3/b8-7-. The van der Waals surface area contributed by atoms with Gasteiger partial charge in [-0.2, -0.15) is 0 Å². The number of rotatable bonds is 1. The number of allylic oxidation sites excluding steroid dienone is 1. The fraction of sp³-hybridized carbons (Fsp3) is 0.667. The second-order valence-electron chi connectivity index (χ2n) is 3.27. The van der Waals surface area contributed by atoms with Crippen LogP contribution in [0.4, 0.5) is 0 Å². The summed E-state index contributed by atoms with van der Waals surface area (Å²) < 4.78 is 0. The maximum atomic E-state index is 11.4. The van der Waals surface area contributed by atoms with Gasteiger partial charge in [0.15, 0.2) is 0 Å². The van der Waals surface area contributed by atoms with Crippen LogP contribution in [0.3, 0.4) is 0 Å². The molecular formula is C9H16N2O. The molecule has 68 valence electrons. The van der Waals surface area contributed by atoms with Crippen molar-refractivity contribution in [3.63, 3.8) is 0 Å². The van der Waals surface area contributed by atoms with E-state index in [1.54, 1.807) is 6.92 Å². The summed E-state index contributed by atoms with van der Waals surface area (Å²) in [6.07, 6.45) is 5.01. The molecule has 0 saturated carbocycles. The number of piperidine rings is 1. The van der Waals surface area contributed by atoms with E-state index in [1.165, 1.54) is 12.5 Å². The number of nitrogens with two attached hydrogens (primary N) is 1. The average Bonchev–Trinajstić information content (AvgIpc) is 2.05. The Balaban J connectivity index is 2.45. The minimum atomic E-state index is 0.0645. The summed E-state index contributed by atoms with van der Waals surface area (Å²) in [6, 6.07) is 0. The topological polar surface area (TPSA) is 46.3 Å². The number of nitrogens with zero attached hydrogens (tertiary/aromatic N) is 1. The first-order valence-corrected chi connectivity index (χ1v) is 4.43. The molecule has 12 heavy (non-hydrogen) atoms. The quantitative estimate of drug-likeness (QED) is 0.590. The molecule has 0 aromatic rings. The minimum absolute atomic E-state index is 0.0645. The Labute approximate surface area is 73.2 Å². The highest BCUT2D eigenvalue weighted by atomic mass is 16.2. The molecule has 3 nitrogen and oxygen atoms in total. The van der Waals surface area contributed by atoms with Crippen LogP contribution in [0.1, 0.15) is 26.2 Å². The van der Waals surface area contributed by atoms with Crippen molar-refractivity contribution in [1.82, 2.24) is 4.90 Å². The molecule has 0 radical (unpaired) electrons. The Morgan fingerprint density at radius 3 is 2.42 bits per heavy atom. The molecule has 1 rings (SSSR count). The van der Waals surface area contributed by atoms with Crippen LogP contribution in [0, 0.1) is 0 Å². The fourth-order valence-corrected chi connectivity index (χ4v) is 1.40. The van der Waals surface area contributed by atoms with Gasteiger partial charge >= 0.3 is 0 Å². The third kappa shape index (κ3) is 2.57. The van der Waals surface area contributed by atoms with E-state index in [4.69, 9.17) is 5.73 Å². The number of likely N-dealkylation sites (tertiary alicyclic amines) is 1. The van der Waals surface area contributed by atoms with E-state index in [0.717, 1.165) is 25.9 Å². The molecule has 1 heterocycles. The molecule has 0 spiro atoms. The lowest BCUT2D eigenvalue weighted by atomic mass is 10.1. The maximum Gasteiger partial charge on any atom is 0.248 e. The van der Waals surface area contributed by atoms with E-state index in [-0.39, 0.29) is 5.91 Å². The lowest BCUT2D eigenvalue weighted by Gasteiger charge is -2.25. The van der Waals surface area contributed by atoms with Crippen molar-refractivity contribution < 1.29 is 4.79 Å². The van der Waals surface area contributed by atoms with E-state index >= 15 is 0 Å². The predicted molar refractivity (Wildman–Crippen MR) is 48.4 cm³/mol. The number of amides is 1. The van der Waals surface area contributed by atoms with Crippen molar-refractivity contribution in [2.45, 2.75) is 26.2 Å². The molecule has 2 N–H and O–H groups in total. The van der Waals surface area contributed by atoms with Crippen molar-refractivity contribution in [1.29, 1.82) is 0 Å². The highest BCUT2D eigenvalue weighted by molar-refractivity contribution is 5.88. The van der Waals surface area contributed by atoms with Crippen molar-refractivity contribution >= 4 is 5.91 Å². The second kappa shape index (κ2) is 4.14. The van der Waals surface area contributed by atoms with Gasteiger partial charge in [0.25, 0.3) is 0 Å². The second-order valence-corrected chi connectivity index (χ2v) is 3.27. The van der Waals surface area contributed by atoms with Gasteiger partial charge in [-0.05, 0) is 26.2 Å². The molecule has 0 aromatic carbocycles. The van der Waals surface area contributed by atoms with Gasteiger partial charge in [-0.25, -0.2) is 0 Å². The molecule has 1 fully saturated rings. The summed E-state index contributed by atoms with van der Waals surface area (Å²) in [7, 11) is 0. The fourth-order valence-electron chi connectivity index (χ4n) is 1.40. The van der Waals surface area contributed by atoms with Crippen molar-refractivity contribution in [2.24, 2.45) is 5.73 Å².